The maximum atomic E-state index is 13.0. The number of hydrogen-bond donors (Lipinski definition) is 3. The van der Waals surface area contributed by atoms with Crippen molar-refractivity contribution in [2.45, 2.75) is 356 Å². The van der Waals surface area contributed by atoms with Crippen molar-refractivity contribution in [2.75, 3.05) is 39.6 Å². The van der Waals surface area contributed by atoms with E-state index in [1.165, 1.54) is 141 Å². The fourth-order valence-electron chi connectivity index (χ4n) is 10.2. The summed E-state index contributed by atoms with van der Waals surface area (Å²) in [6.45, 7) is 11.7. The van der Waals surface area contributed by atoms with E-state index in [4.69, 9.17) is 37.0 Å². The highest BCUT2D eigenvalue weighted by Crippen LogP contribution is 2.45. The van der Waals surface area contributed by atoms with Crippen molar-refractivity contribution in [3.63, 3.8) is 0 Å². The van der Waals surface area contributed by atoms with Crippen LogP contribution in [-0.2, 0) is 65.4 Å². The van der Waals surface area contributed by atoms with Gasteiger partial charge in [0.2, 0.25) is 0 Å². The molecule has 0 aliphatic heterocycles. The molecule has 6 atom stereocenters. The molecule has 0 aliphatic rings. The van der Waals surface area contributed by atoms with Crippen molar-refractivity contribution < 1.29 is 80.2 Å². The first kappa shape index (κ1) is 85.1. The molecule has 0 fully saturated rings. The highest BCUT2D eigenvalue weighted by atomic mass is 31.2. The summed E-state index contributed by atoms with van der Waals surface area (Å²) in [5.41, 5.74) is 0. The topological polar surface area (TPSA) is 237 Å². The van der Waals surface area contributed by atoms with E-state index in [-0.39, 0.29) is 25.7 Å². The van der Waals surface area contributed by atoms with E-state index in [1.807, 2.05) is 0 Å². The van der Waals surface area contributed by atoms with E-state index in [2.05, 4.69) is 48.5 Å². The summed E-state index contributed by atoms with van der Waals surface area (Å²) in [5.74, 6) is 0.00978. The number of carbonyl (C=O) groups is 4. The molecule has 17 nitrogen and oxygen atoms in total. The lowest BCUT2D eigenvalue weighted by Gasteiger charge is -2.21. The summed E-state index contributed by atoms with van der Waals surface area (Å²) < 4.78 is 68.1. The van der Waals surface area contributed by atoms with Gasteiger partial charge in [0.25, 0.3) is 0 Å². The van der Waals surface area contributed by atoms with Gasteiger partial charge in [-0.2, -0.15) is 0 Å². The fraction of sp³-hybridized carbons (Fsp3) is 0.941. The van der Waals surface area contributed by atoms with Crippen molar-refractivity contribution in [2.24, 2.45) is 17.8 Å². The Balaban J connectivity index is 5.24. The second kappa shape index (κ2) is 59.1. The number of carbonyl (C=O) groups excluding carboxylic acids is 4. The quantitative estimate of drug-likeness (QED) is 0.0222. The van der Waals surface area contributed by atoms with Gasteiger partial charge in [-0.15, -0.1) is 0 Å². The molecule has 0 bridgehead atoms. The minimum absolute atomic E-state index is 0.102. The first-order chi connectivity index (χ1) is 41.8. The second-order valence-corrected chi connectivity index (χ2v) is 28.7. The minimum Gasteiger partial charge on any atom is -0.462 e. The van der Waals surface area contributed by atoms with Crippen LogP contribution in [0.5, 0.6) is 0 Å². The molecule has 0 aromatic heterocycles. The maximum absolute atomic E-state index is 13.0. The lowest BCUT2D eigenvalue weighted by Crippen LogP contribution is -2.30. The van der Waals surface area contributed by atoms with E-state index in [0.29, 0.717) is 31.6 Å². The van der Waals surface area contributed by atoms with E-state index in [0.717, 1.165) is 108 Å². The normalized spacial score (nSPS) is 14.6. The number of hydrogen-bond acceptors (Lipinski definition) is 15. The van der Waals surface area contributed by atoms with Crippen molar-refractivity contribution in [3.05, 3.63) is 0 Å². The SMILES string of the molecule is CCCCCCCCCCCCCCCCCCC(=O)O[C@H](COC(=O)CCCCCCCCCCCC(C)C)COP(=O)(O)OC[C@@H](O)COP(=O)(O)OC[C@@H](COC(=O)CCCCCCCCC(C)C)OC(=O)CCCCCCCCC(C)CC. The molecule has 3 unspecified atom stereocenters. The average molecular weight is 1280 g/mol. The van der Waals surface area contributed by atoms with Gasteiger partial charge in [-0.3, -0.25) is 37.3 Å². The van der Waals surface area contributed by atoms with Gasteiger partial charge in [0.15, 0.2) is 12.2 Å². The Kier molecular flexibility index (Phi) is 57.8. The van der Waals surface area contributed by atoms with Crippen LogP contribution in [0, 0.1) is 17.8 Å². The Morgan fingerprint density at radius 2 is 0.586 bits per heavy atom. The summed E-state index contributed by atoms with van der Waals surface area (Å²) in [5, 5.41) is 10.6. The molecule has 0 saturated heterocycles. The van der Waals surface area contributed by atoms with Crippen molar-refractivity contribution in [1.82, 2.24) is 0 Å². The van der Waals surface area contributed by atoms with Gasteiger partial charge in [-0.05, 0) is 43.4 Å². The largest absolute Gasteiger partial charge is 0.472 e. The van der Waals surface area contributed by atoms with Crippen LogP contribution in [0.1, 0.15) is 337 Å². The van der Waals surface area contributed by atoms with Crippen LogP contribution in [0.3, 0.4) is 0 Å². The molecule has 0 heterocycles. The zero-order valence-electron chi connectivity index (χ0n) is 56.5. The zero-order valence-corrected chi connectivity index (χ0v) is 58.3. The number of ether oxygens (including phenoxy) is 4. The monoisotopic (exact) mass is 1280 g/mol. The Bertz CT molecular complexity index is 1720. The fourth-order valence-corrected chi connectivity index (χ4v) is 11.7. The lowest BCUT2D eigenvalue weighted by molar-refractivity contribution is -0.161. The van der Waals surface area contributed by atoms with Gasteiger partial charge in [-0.25, -0.2) is 9.13 Å². The second-order valence-electron chi connectivity index (χ2n) is 25.8. The van der Waals surface area contributed by atoms with E-state index in [1.54, 1.807) is 0 Å². The molecule has 0 rings (SSSR count). The van der Waals surface area contributed by atoms with Gasteiger partial charge in [-0.1, -0.05) is 286 Å². The number of esters is 4. The first-order valence-corrected chi connectivity index (χ1v) is 38.4. The van der Waals surface area contributed by atoms with Gasteiger partial charge in [0.1, 0.15) is 19.3 Å². The average Bonchev–Trinajstić information content (AvgIpc) is 3.69. The third-order valence-electron chi connectivity index (χ3n) is 16.0. The molecule has 0 aliphatic carbocycles. The Morgan fingerprint density at radius 3 is 0.874 bits per heavy atom. The van der Waals surface area contributed by atoms with Gasteiger partial charge < -0.3 is 33.8 Å². The van der Waals surface area contributed by atoms with E-state index < -0.39 is 97.5 Å². The van der Waals surface area contributed by atoms with Crippen LogP contribution in [0.2, 0.25) is 0 Å². The summed E-state index contributed by atoms with van der Waals surface area (Å²) in [4.78, 5) is 72.4. The van der Waals surface area contributed by atoms with Crippen molar-refractivity contribution in [3.8, 4) is 0 Å². The minimum atomic E-state index is -4.95. The van der Waals surface area contributed by atoms with Crippen molar-refractivity contribution >= 4 is 39.5 Å². The summed E-state index contributed by atoms with van der Waals surface area (Å²) >= 11 is 0. The maximum Gasteiger partial charge on any atom is 0.472 e. The van der Waals surface area contributed by atoms with Crippen LogP contribution in [0.4, 0.5) is 0 Å². The number of rotatable bonds is 66. The molecule has 0 spiro atoms. The van der Waals surface area contributed by atoms with Crippen LogP contribution in [0.25, 0.3) is 0 Å². The van der Waals surface area contributed by atoms with Crippen LogP contribution < -0.4 is 0 Å². The number of aliphatic hydroxyl groups is 1. The molecule has 3 N–H and O–H groups in total. The predicted octanol–water partition coefficient (Wildman–Crippen LogP) is 19.1. The lowest BCUT2D eigenvalue weighted by atomic mass is 10.00. The smallest absolute Gasteiger partial charge is 0.462 e. The highest BCUT2D eigenvalue weighted by Gasteiger charge is 2.30. The van der Waals surface area contributed by atoms with Gasteiger partial charge >= 0.3 is 39.5 Å². The first-order valence-electron chi connectivity index (χ1n) is 35.4. The summed E-state index contributed by atoms with van der Waals surface area (Å²) in [6, 6.07) is 0. The molecule has 0 aromatic carbocycles. The molecule has 0 aromatic rings. The van der Waals surface area contributed by atoms with Gasteiger partial charge in [0.05, 0.1) is 26.4 Å². The number of aliphatic hydroxyl groups excluding tert-OH is 1. The summed E-state index contributed by atoms with van der Waals surface area (Å²) in [7, 11) is -9.90. The number of unbranched alkanes of at least 4 members (excludes halogenated alkanes) is 33. The molecule has 87 heavy (non-hydrogen) atoms. The predicted molar refractivity (Wildman–Crippen MR) is 349 cm³/mol. The van der Waals surface area contributed by atoms with E-state index >= 15 is 0 Å². The molecule has 0 radical (unpaired) electrons. The zero-order chi connectivity index (χ0) is 64.5. The Labute approximate surface area is 530 Å². The number of phosphoric ester groups is 2. The molecule has 0 amide bonds. The van der Waals surface area contributed by atoms with E-state index in [9.17, 15) is 43.2 Å². The molecule has 516 valence electrons. The third kappa shape index (κ3) is 61.3. The Morgan fingerprint density at radius 1 is 0.333 bits per heavy atom. The molecular weight excluding hydrogens is 1150 g/mol. The molecule has 19 heteroatoms. The Hall–Kier alpha value is -1.94. The molecular formula is C68H132O17P2. The van der Waals surface area contributed by atoms with Crippen LogP contribution in [0.15, 0.2) is 0 Å². The van der Waals surface area contributed by atoms with Crippen LogP contribution in [-0.4, -0.2) is 96.7 Å². The van der Waals surface area contributed by atoms with Crippen molar-refractivity contribution in [1.29, 1.82) is 0 Å². The highest BCUT2D eigenvalue weighted by molar-refractivity contribution is 7.47. The van der Waals surface area contributed by atoms with Crippen LogP contribution >= 0.6 is 15.6 Å². The van der Waals surface area contributed by atoms with Gasteiger partial charge in [0, 0.05) is 25.7 Å². The number of phosphoric acid groups is 2. The summed E-state index contributed by atoms with van der Waals surface area (Å²) in [6.07, 6.45) is 41.9. The third-order valence-corrected chi connectivity index (χ3v) is 17.9. The molecule has 0 saturated carbocycles. The standard InChI is InChI=1S/C68H132O17P2/c1-8-10-11-12-13-14-15-16-17-18-19-20-23-27-37-44-51-67(72)84-63(55-78-65(70)49-42-35-26-24-21-22-25-32-39-46-59(3)4)57-82-86(74,75)80-53-62(69)54-81-87(76,77)83-58-64(56-79-66(71)50-43-36-30-28-33-40-47-60(5)6)85-68(73)52-45-38-31-29-34-41-48-61(7)9-2/h59-64,69H,8-58H2,1-7H3,(H,74,75)(H,76,77)/t61?,62-,63-,64-/m1/s1.